The Labute approximate surface area is 150 Å². The fraction of sp³-hybridized carbons (Fsp3) is 0.333. The number of aromatic nitrogens is 1. The highest BCUT2D eigenvalue weighted by Crippen LogP contribution is 2.23. The Morgan fingerprint density at radius 3 is 2.79 bits per heavy atom. The minimum atomic E-state index is 0.0382. The lowest BCUT2D eigenvalue weighted by molar-refractivity contribution is 0.0786. The van der Waals surface area contributed by atoms with Crippen molar-refractivity contribution in [2.24, 2.45) is 5.92 Å². The summed E-state index contributed by atoms with van der Waals surface area (Å²) in [5.74, 6) is 1.76. The molecule has 1 N–H and O–H groups in total. The maximum absolute atomic E-state index is 12.5. The van der Waals surface area contributed by atoms with E-state index >= 15 is 0 Å². The first-order valence-corrected chi connectivity index (χ1v) is 8.78. The number of hydrogen-bond donors (Lipinski definition) is 1. The molecule has 0 bridgehead atoms. The Hall–Kier alpha value is -1.92. The van der Waals surface area contributed by atoms with Gasteiger partial charge in [0.15, 0.2) is 0 Å². The van der Waals surface area contributed by atoms with Crippen LogP contribution in [0.25, 0.3) is 0 Å². The van der Waals surface area contributed by atoms with Gasteiger partial charge in [0.05, 0.1) is 5.56 Å². The normalized spacial score (nSPS) is 17.1. The molecule has 1 saturated heterocycles. The fourth-order valence-corrected chi connectivity index (χ4v) is 3.11. The maximum Gasteiger partial charge on any atom is 0.255 e. The first kappa shape index (κ1) is 16.9. The molecule has 2 aromatic rings. The van der Waals surface area contributed by atoms with Crippen molar-refractivity contribution in [3.8, 4) is 11.6 Å². The second kappa shape index (κ2) is 7.77. The van der Waals surface area contributed by atoms with Crippen molar-refractivity contribution in [3.05, 3.63) is 52.6 Å². The minimum absolute atomic E-state index is 0.0382. The number of nitrogens with one attached hydrogen (secondary N) is 1. The Balaban J connectivity index is 1.62. The van der Waals surface area contributed by atoms with Gasteiger partial charge in [0.25, 0.3) is 5.91 Å². The number of amides is 1. The molecule has 0 radical (unpaired) electrons. The molecule has 24 heavy (non-hydrogen) atoms. The molecule has 126 valence electrons. The van der Waals surface area contributed by atoms with Crippen molar-refractivity contribution in [3.63, 3.8) is 0 Å². The number of carbonyl (C=O) groups is 1. The zero-order chi connectivity index (χ0) is 16.9. The third kappa shape index (κ3) is 4.13. The van der Waals surface area contributed by atoms with Crippen LogP contribution in [0.4, 0.5) is 0 Å². The van der Waals surface area contributed by atoms with Crippen molar-refractivity contribution in [1.29, 1.82) is 0 Å². The van der Waals surface area contributed by atoms with Gasteiger partial charge in [-0.2, -0.15) is 0 Å². The van der Waals surface area contributed by atoms with E-state index in [1.165, 1.54) is 0 Å². The summed E-state index contributed by atoms with van der Waals surface area (Å²) >= 11 is 3.39. The van der Waals surface area contributed by atoms with Crippen LogP contribution in [0.15, 0.2) is 47.1 Å². The zero-order valence-corrected chi connectivity index (χ0v) is 15.1. The second-order valence-corrected chi connectivity index (χ2v) is 6.82. The fourth-order valence-electron chi connectivity index (χ4n) is 2.85. The summed E-state index contributed by atoms with van der Waals surface area (Å²) < 4.78 is 6.67. The highest BCUT2D eigenvalue weighted by Gasteiger charge is 2.26. The zero-order valence-electron chi connectivity index (χ0n) is 13.5. The van der Waals surface area contributed by atoms with Crippen LogP contribution in [0.1, 0.15) is 16.8 Å². The molecule has 3 rings (SSSR count). The molecule has 1 aromatic carbocycles. The van der Waals surface area contributed by atoms with E-state index in [1.807, 2.05) is 36.2 Å². The smallest absolute Gasteiger partial charge is 0.255 e. The molecule has 1 aliphatic rings. The predicted octanol–water partition coefficient (Wildman–Crippen LogP) is 3.32. The second-order valence-electron chi connectivity index (χ2n) is 5.90. The van der Waals surface area contributed by atoms with Crippen LogP contribution in [-0.4, -0.2) is 42.5 Å². The number of benzene rings is 1. The number of likely N-dealkylation sites (tertiary alicyclic amines) is 1. The van der Waals surface area contributed by atoms with E-state index in [9.17, 15) is 4.79 Å². The summed E-state index contributed by atoms with van der Waals surface area (Å²) in [5, 5.41) is 3.17. The summed E-state index contributed by atoms with van der Waals surface area (Å²) in [4.78, 5) is 18.7. The summed E-state index contributed by atoms with van der Waals surface area (Å²) in [7, 11) is 1.94. The maximum atomic E-state index is 12.5. The molecule has 2 heterocycles. The van der Waals surface area contributed by atoms with Crippen LogP contribution in [-0.2, 0) is 0 Å². The minimum Gasteiger partial charge on any atom is -0.439 e. The molecule has 0 spiro atoms. The average Bonchev–Trinajstić information content (AvgIpc) is 3.06. The quantitative estimate of drug-likeness (QED) is 0.851. The molecule has 0 saturated carbocycles. The molecule has 0 unspecified atom stereocenters. The Kier molecular flexibility index (Phi) is 5.48. The molecule has 5 nitrogen and oxygen atoms in total. The molecule has 1 aromatic heterocycles. The van der Waals surface area contributed by atoms with Gasteiger partial charge in [-0.25, -0.2) is 4.98 Å². The third-order valence-corrected chi connectivity index (χ3v) is 4.61. The third-order valence-electron chi connectivity index (χ3n) is 4.09. The van der Waals surface area contributed by atoms with E-state index in [-0.39, 0.29) is 5.91 Å². The molecular formula is C18H20BrN3O2. The van der Waals surface area contributed by atoms with Gasteiger partial charge in [-0.15, -0.1) is 0 Å². The van der Waals surface area contributed by atoms with Crippen molar-refractivity contribution in [2.45, 2.75) is 6.42 Å². The van der Waals surface area contributed by atoms with Crippen molar-refractivity contribution in [1.82, 2.24) is 15.2 Å². The number of rotatable bonds is 5. The van der Waals surface area contributed by atoms with Gasteiger partial charge in [0.2, 0.25) is 5.88 Å². The van der Waals surface area contributed by atoms with Crippen LogP contribution >= 0.6 is 15.9 Å². The van der Waals surface area contributed by atoms with Crippen LogP contribution < -0.4 is 10.1 Å². The monoisotopic (exact) mass is 389 g/mol. The molecular weight excluding hydrogens is 370 g/mol. The lowest BCUT2D eigenvalue weighted by atomic mass is 10.1. The van der Waals surface area contributed by atoms with Crippen molar-refractivity contribution in [2.75, 3.05) is 26.7 Å². The molecule has 1 amide bonds. The summed E-state index contributed by atoms with van der Waals surface area (Å²) in [6, 6.07) is 11.0. The van der Waals surface area contributed by atoms with Crippen LogP contribution in [0, 0.1) is 5.92 Å². The highest BCUT2D eigenvalue weighted by atomic mass is 79.9. The summed E-state index contributed by atoms with van der Waals surface area (Å²) in [6.07, 6.45) is 2.63. The Morgan fingerprint density at radius 2 is 2.12 bits per heavy atom. The lowest BCUT2D eigenvalue weighted by Gasteiger charge is -2.16. The van der Waals surface area contributed by atoms with Crippen LogP contribution in [0.2, 0.25) is 0 Å². The number of pyridine rings is 1. The van der Waals surface area contributed by atoms with E-state index in [2.05, 4.69) is 26.2 Å². The molecule has 6 heteroatoms. The van der Waals surface area contributed by atoms with E-state index < -0.39 is 0 Å². The highest BCUT2D eigenvalue weighted by molar-refractivity contribution is 9.10. The molecule has 0 aliphatic carbocycles. The SMILES string of the molecule is CNC[C@@H]1CCN(C(=O)c2ccc(Oc3ccc(Br)cc3)nc2)C1. The first-order valence-electron chi connectivity index (χ1n) is 7.99. The van der Waals surface area contributed by atoms with E-state index in [0.29, 0.717) is 23.1 Å². The topological polar surface area (TPSA) is 54.5 Å². The van der Waals surface area contributed by atoms with Crippen LogP contribution in [0.3, 0.4) is 0 Å². The standard InChI is InChI=1S/C18H20BrN3O2/c1-20-10-13-8-9-22(12-13)18(23)14-2-7-17(21-11-14)24-16-5-3-15(19)4-6-16/h2-7,11,13,20H,8-10,12H2,1H3/t13-/m0/s1. The van der Waals surface area contributed by atoms with Crippen molar-refractivity contribution < 1.29 is 9.53 Å². The largest absolute Gasteiger partial charge is 0.439 e. The predicted molar refractivity (Wildman–Crippen MR) is 96.4 cm³/mol. The number of hydrogen-bond acceptors (Lipinski definition) is 4. The number of carbonyl (C=O) groups excluding carboxylic acids is 1. The van der Waals surface area contributed by atoms with Gasteiger partial charge < -0.3 is 15.0 Å². The van der Waals surface area contributed by atoms with E-state index in [0.717, 1.165) is 30.5 Å². The van der Waals surface area contributed by atoms with Gasteiger partial charge >= 0.3 is 0 Å². The number of nitrogens with zero attached hydrogens (tertiary/aromatic N) is 2. The van der Waals surface area contributed by atoms with Gasteiger partial charge in [-0.3, -0.25) is 4.79 Å². The number of ether oxygens (including phenoxy) is 1. The average molecular weight is 390 g/mol. The lowest BCUT2D eigenvalue weighted by Crippen LogP contribution is -2.30. The molecule has 1 fully saturated rings. The van der Waals surface area contributed by atoms with Gasteiger partial charge in [0.1, 0.15) is 5.75 Å². The Morgan fingerprint density at radius 1 is 1.33 bits per heavy atom. The van der Waals surface area contributed by atoms with Gasteiger partial charge in [-0.1, -0.05) is 15.9 Å². The summed E-state index contributed by atoms with van der Waals surface area (Å²) in [6.45, 7) is 2.56. The van der Waals surface area contributed by atoms with Gasteiger partial charge in [-0.05, 0) is 56.3 Å². The molecule has 1 atom stereocenters. The summed E-state index contributed by atoms with van der Waals surface area (Å²) in [5.41, 5.74) is 0.600. The molecule has 1 aliphatic heterocycles. The van der Waals surface area contributed by atoms with Crippen LogP contribution in [0.5, 0.6) is 11.6 Å². The first-order chi connectivity index (χ1) is 11.7. The number of halogens is 1. The Bertz CT molecular complexity index is 688. The van der Waals surface area contributed by atoms with E-state index in [1.54, 1.807) is 18.3 Å². The van der Waals surface area contributed by atoms with Gasteiger partial charge in [0, 0.05) is 29.8 Å². The van der Waals surface area contributed by atoms with E-state index in [4.69, 9.17) is 4.74 Å². The van der Waals surface area contributed by atoms with Crippen molar-refractivity contribution >= 4 is 21.8 Å².